The fourth-order valence-corrected chi connectivity index (χ4v) is 6.00. The summed E-state index contributed by atoms with van der Waals surface area (Å²) in [7, 11) is 0. The van der Waals surface area contributed by atoms with Crippen molar-refractivity contribution in [2.24, 2.45) is 0 Å². The highest BCUT2D eigenvalue weighted by Gasteiger charge is 2.32. The van der Waals surface area contributed by atoms with Crippen LogP contribution in [0.2, 0.25) is 25.5 Å². The molecular formula is C36H21Br2Cl5F6I3N7. The summed E-state index contributed by atoms with van der Waals surface area (Å²) in [5, 5.41) is 2.48. The summed E-state index contributed by atoms with van der Waals surface area (Å²) in [5.74, 6) is -1.42. The molecule has 7 rings (SSSR count). The van der Waals surface area contributed by atoms with Crippen molar-refractivity contribution in [2.75, 3.05) is 0 Å². The second-order valence-corrected chi connectivity index (χ2v) is 17.2. The Bertz CT molecular complexity index is 1860. The van der Waals surface area contributed by atoms with Gasteiger partial charge in [0.05, 0.1) is 0 Å². The lowest BCUT2D eigenvalue weighted by molar-refractivity contribution is -0.141. The Balaban J connectivity index is 0.000000345. The van der Waals surface area contributed by atoms with E-state index < -0.39 is 29.7 Å². The summed E-state index contributed by atoms with van der Waals surface area (Å²) in [6.45, 7) is 0. The highest BCUT2D eigenvalue weighted by molar-refractivity contribution is 14.1. The molecule has 0 spiro atoms. The fraction of sp³-hybridized carbons (Fsp3) is 0.0278. The number of aromatic nitrogens is 7. The lowest BCUT2D eigenvalue weighted by Gasteiger charge is -2.03. The smallest absolute Gasteiger partial charge is 0.252 e. The van der Waals surface area contributed by atoms with Gasteiger partial charge in [-0.3, -0.25) is 4.98 Å². The van der Waals surface area contributed by atoms with Gasteiger partial charge in [0.25, 0.3) is 0 Å². The first-order valence-electron chi connectivity index (χ1n) is 15.0. The van der Waals surface area contributed by atoms with Gasteiger partial charge in [-0.1, -0.05) is 89.9 Å². The van der Waals surface area contributed by atoms with E-state index in [4.69, 9.17) is 58.0 Å². The van der Waals surface area contributed by atoms with E-state index in [-0.39, 0.29) is 0 Å². The zero-order chi connectivity index (χ0) is 44.4. The predicted molar refractivity (Wildman–Crippen MR) is 253 cm³/mol. The van der Waals surface area contributed by atoms with Crippen LogP contribution in [0.3, 0.4) is 0 Å². The van der Waals surface area contributed by atoms with Gasteiger partial charge in [-0.2, -0.15) is 26.3 Å². The standard InChI is InChI=1S/C6H3F3IN.C5H3BrClN.C5H3BrFN.C5H3Cl2N.C5H3ClFN.C5H3ClIN.C5H3FIN/c7-6(8,9)5-3-4(10)1-2-11-5;4*6-4-1-2-8-5(7)3-4;2*6-5-3-4(7)1-2-8-5/h1-3H;6*1-3H. The van der Waals surface area contributed by atoms with Crippen LogP contribution in [0.5, 0.6) is 0 Å². The van der Waals surface area contributed by atoms with E-state index in [1.54, 1.807) is 71.5 Å². The van der Waals surface area contributed by atoms with Gasteiger partial charge in [-0.05, 0) is 135 Å². The molecule has 0 N–H and O–H groups in total. The van der Waals surface area contributed by atoms with Crippen molar-refractivity contribution in [1.29, 1.82) is 0 Å². The van der Waals surface area contributed by atoms with Crippen LogP contribution in [0, 0.1) is 28.6 Å². The molecule has 0 radical (unpaired) electrons. The molecule has 0 aromatic carbocycles. The molecule has 0 aliphatic heterocycles. The number of pyridine rings is 7. The highest BCUT2D eigenvalue weighted by atomic mass is 127. The molecule has 59 heavy (non-hydrogen) atoms. The van der Waals surface area contributed by atoms with Crippen LogP contribution in [-0.4, -0.2) is 34.9 Å². The first kappa shape index (κ1) is 55.2. The van der Waals surface area contributed by atoms with E-state index in [1.165, 1.54) is 42.9 Å². The Morgan fingerprint density at radius 1 is 0.407 bits per heavy atom. The van der Waals surface area contributed by atoms with Crippen molar-refractivity contribution < 1.29 is 26.3 Å². The van der Waals surface area contributed by atoms with Crippen molar-refractivity contribution in [3.8, 4) is 0 Å². The molecule has 7 aromatic rings. The number of nitrogens with zero attached hydrogens (tertiary/aromatic N) is 7. The average molecular weight is 1380 g/mol. The minimum atomic E-state index is -4.33. The van der Waals surface area contributed by atoms with Gasteiger partial charge in [0.1, 0.15) is 21.2 Å². The Kier molecular flexibility index (Phi) is 29.1. The van der Waals surface area contributed by atoms with Crippen molar-refractivity contribution in [1.82, 2.24) is 34.9 Å². The maximum Gasteiger partial charge on any atom is 0.433 e. The maximum atomic E-state index is 12.1. The summed E-state index contributed by atoms with van der Waals surface area (Å²) in [5.41, 5.74) is -0.843. The first-order chi connectivity index (χ1) is 27.7. The van der Waals surface area contributed by atoms with Gasteiger partial charge in [-0.15, -0.1) is 0 Å². The second-order valence-electron chi connectivity index (χ2n) is 9.64. The Hall–Kier alpha value is -1.77. The van der Waals surface area contributed by atoms with Crippen LogP contribution in [-0.2, 0) is 6.18 Å². The number of rotatable bonds is 0. The monoisotopic (exact) mass is 1380 g/mol. The SMILES string of the molecule is Clc1cc(Br)ccn1.Clc1cc(I)ccn1.Clc1ccnc(Cl)c1.FC(F)(F)c1cc(I)ccn1.Fc1cc(Br)ccn1.Fc1cc(Cl)ccn1.Fc1cc(I)ccn1. The largest absolute Gasteiger partial charge is 0.433 e. The number of hydrogen-bond donors (Lipinski definition) is 0. The second kappa shape index (κ2) is 31.1. The van der Waals surface area contributed by atoms with Gasteiger partial charge < -0.3 is 0 Å². The molecule has 0 saturated carbocycles. The van der Waals surface area contributed by atoms with E-state index in [1.807, 2.05) is 40.8 Å². The van der Waals surface area contributed by atoms with Crippen LogP contribution in [0.15, 0.2) is 137 Å². The minimum absolute atomic E-state index is 0.373. The van der Waals surface area contributed by atoms with Crippen LogP contribution >= 0.6 is 158 Å². The van der Waals surface area contributed by atoms with Crippen molar-refractivity contribution in [3.63, 3.8) is 0 Å². The zero-order valence-corrected chi connectivity index (χ0v) is 42.2. The minimum Gasteiger partial charge on any atom is -0.252 e. The summed E-state index contributed by atoms with van der Waals surface area (Å²) >= 11 is 39.7. The van der Waals surface area contributed by atoms with Crippen molar-refractivity contribution >= 4 is 158 Å². The van der Waals surface area contributed by atoms with Crippen molar-refractivity contribution in [2.45, 2.75) is 6.18 Å². The summed E-state index contributed by atoms with van der Waals surface area (Å²) in [6.07, 6.45) is 5.86. The molecule has 7 nitrogen and oxygen atoms in total. The van der Waals surface area contributed by atoms with Crippen LogP contribution in [0.4, 0.5) is 26.3 Å². The zero-order valence-electron chi connectivity index (χ0n) is 28.8. The molecule has 7 heterocycles. The third kappa shape index (κ3) is 30.0. The third-order valence-electron chi connectivity index (χ3n) is 5.14. The molecule has 23 heteroatoms. The van der Waals surface area contributed by atoms with Crippen LogP contribution in [0.25, 0.3) is 0 Å². The quantitative estimate of drug-likeness (QED) is 0.0849. The van der Waals surface area contributed by atoms with E-state index in [2.05, 4.69) is 89.3 Å². The van der Waals surface area contributed by atoms with Gasteiger partial charge in [0, 0.05) is 91.3 Å². The Labute approximate surface area is 417 Å². The van der Waals surface area contributed by atoms with E-state index >= 15 is 0 Å². The van der Waals surface area contributed by atoms with Crippen LogP contribution < -0.4 is 0 Å². The molecule has 0 unspecified atom stereocenters. The molecular weight excluding hydrogens is 1360 g/mol. The molecule has 312 valence electrons. The first-order valence-corrected chi connectivity index (χ1v) is 21.8. The van der Waals surface area contributed by atoms with E-state index in [0.29, 0.717) is 33.5 Å². The Morgan fingerprint density at radius 2 is 0.763 bits per heavy atom. The lowest BCUT2D eigenvalue weighted by Crippen LogP contribution is -2.07. The van der Waals surface area contributed by atoms with Crippen molar-refractivity contribution in [3.05, 3.63) is 197 Å². The topological polar surface area (TPSA) is 90.2 Å². The average Bonchev–Trinajstić information content (AvgIpc) is 3.12. The third-order valence-corrected chi connectivity index (χ3v) is 9.23. The summed E-state index contributed by atoms with van der Waals surface area (Å²) < 4.78 is 75.9. The van der Waals surface area contributed by atoms with Gasteiger partial charge >= 0.3 is 6.18 Å². The molecule has 0 fully saturated rings. The lowest BCUT2D eigenvalue weighted by atomic mass is 10.3. The molecule has 0 amide bonds. The summed E-state index contributed by atoms with van der Waals surface area (Å²) in [4.78, 5) is 24.5. The highest BCUT2D eigenvalue weighted by Crippen LogP contribution is 2.27. The van der Waals surface area contributed by atoms with E-state index in [0.717, 1.165) is 29.9 Å². The normalized spacial score (nSPS) is 9.69. The van der Waals surface area contributed by atoms with Gasteiger partial charge in [0.2, 0.25) is 17.8 Å². The number of alkyl halides is 3. The fourth-order valence-electron chi connectivity index (χ4n) is 2.83. The van der Waals surface area contributed by atoms with Gasteiger partial charge in [0.15, 0.2) is 0 Å². The molecule has 0 atom stereocenters. The number of hydrogen-bond acceptors (Lipinski definition) is 7. The Morgan fingerprint density at radius 3 is 1.00 bits per heavy atom. The predicted octanol–water partition coefficient (Wildman–Crippen LogP) is 15.6. The molecule has 0 aliphatic carbocycles. The molecule has 0 bridgehead atoms. The molecule has 0 aliphatic rings. The van der Waals surface area contributed by atoms with Crippen LogP contribution in [0.1, 0.15) is 5.69 Å². The molecule has 7 aromatic heterocycles. The summed E-state index contributed by atoms with van der Waals surface area (Å²) in [6, 6.07) is 21.8. The maximum absolute atomic E-state index is 12.1. The van der Waals surface area contributed by atoms with Gasteiger partial charge in [-0.25, -0.2) is 29.9 Å². The molecule has 0 saturated heterocycles. The number of halogens is 16. The van der Waals surface area contributed by atoms with E-state index in [9.17, 15) is 26.3 Å².